The lowest BCUT2D eigenvalue weighted by Gasteiger charge is -2.29. The van der Waals surface area contributed by atoms with Crippen LogP contribution in [0.15, 0.2) is 60.7 Å². The normalized spacial score (nSPS) is 19.9. The average molecular weight is 425 g/mol. The van der Waals surface area contributed by atoms with Gasteiger partial charge in [-0.1, -0.05) is 55.3 Å². The van der Waals surface area contributed by atoms with E-state index in [2.05, 4.69) is 29.6 Å². The minimum absolute atomic E-state index is 0.0353. The van der Waals surface area contributed by atoms with Gasteiger partial charge in [0.05, 0.1) is 11.4 Å². The number of rotatable bonds is 6. The van der Waals surface area contributed by atoms with Crippen LogP contribution in [0.1, 0.15) is 43.2 Å². The van der Waals surface area contributed by atoms with Crippen molar-refractivity contribution in [3.8, 4) is 0 Å². The first-order chi connectivity index (χ1) is 14.5. The smallest absolute Gasteiger partial charge is 0.244 e. The highest BCUT2D eigenvalue weighted by Crippen LogP contribution is 2.40. The maximum Gasteiger partial charge on any atom is 0.244 e. The molecule has 2 fully saturated rings. The van der Waals surface area contributed by atoms with Gasteiger partial charge < -0.3 is 5.32 Å². The van der Waals surface area contributed by atoms with E-state index in [0.717, 1.165) is 18.4 Å². The van der Waals surface area contributed by atoms with Gasteiger partial charge in [0.1, 0.15) is 0 Å². The Labute approximate surface area is 178 Å². The van der Waals surface area contributed by atoms with E-state index in [-0.39, 0.29) is 17.1 Å². The molecule has 0 bridgehead atoms. The fraction of sp³-hybridized carbons (Fsp3) is 0.375. The van der Waals surface area contributed by atoms with E-state index in [4.69, 9.17) is 0 Å². The topological polar surface area (TPSA) is 66.5 Å². The van der Waals surface area contributed by atoms with Crippen molar-refractivity contribution in [1.82, 2.24) is 5.32 Å². The van der Waals surface area contributed by atoms with Crippen molar-refractivity contribution in [2.45, 2.75) is 37.5 Å². The van der Waals surface area contributed by atoms with E-state index in [1.165, 1.54) is 22.7 Å². The summed E-state index contributed by atoms with van der Waals surface area (Å²) >= 11 is 0. The van der Waals surface area contributed by atoms with Crippen LogP contribution in [0.5, 0.6) is 0 Å². The maximum atomic E-state index is 12.4. The lowest BCUT2D eigenvalue weighted by molar-refractivity contribution is -0.116. The van der Waals surface area contributed by atoms with Crippen LogP contribution in [0.4, 0.5) is 5.69 Å². The Balaban J connectivity index is 1.37. The molecule has 0 spiro atoms. The zero-order valence-corrected chi connectivity index (χ0v) is 17.9. The number of carbonyl (C=O) groups excluding carboxylic acids is 1. The van der Waals surface area contributed by atoms with Crippen LogP contribution in [0.3, 0.4) is 0 Å². The minimum atomic E-state index is -3.17. The summed E-state index contributed by atoms with van der Waals surface area (Å²) in [6.07, 6.45) is 8.56. The third-order valence-electron chi connectivity index (χ3n) is 6.26. The minimum Gasteiger partial charge on any atom is -0.352 e. The fourth-order valence-electron chi connectivity index (χ4n) is 4.58. The Morgan fingerprint density at radius 2 is 1.70 bits per heavy atom. The number of carbonyl (C=O) groups is 1. The molecule has 1 saturated heterocycles. The van der Waals surface area contributed by atoms with Crippen LogP contribution in [0.25, 0.3) is 6.08 Å². The molecule has 1 saturated carbocycles. The molecule has 2 aromatic rings. The van der Waals surface area contributed by atoms with E-state index in [9.17, 15) is 13.2 Å². The molecule has 1 heterocycles. The number of benzene rings is 2. The highest BCUT2D eigenvalue weighted by atomic mass is 32.2. The third kappa shape index (κ3) is 4.43. The Bertz CT molecular complexity index is 1010. The van der Waals surface area contributed by atoms with Gasteiger partial charge in [-0.05, 0) is 48.6 Å². The standard InChI is InChI=1S/C24H28N2O3S/c27-23(25-19-24(15-4-5-16-24)21-7-2-1-3-8-21)14-11-20-9-12-22(13-10-20)26-17-6-18-30(26,28)29/h1-3,7-14H,4-6,15-19H2,(H,25,27)/b14-11+. The van der Waals surface area contributed by atoms with Crippen molar-refractivity contribution in [2.24, 2.45) is 0 Å². The van der Waals surface area contributed by atoms with E-state index in [0.29, 0.717) is 25.2 Å². The van der Waals surface area contributed by atoms with Gasteiger partial charge in [0.25, 0.3) is 0 Å². The predicted octanol–water partition coefficient (Wildman–Crippen LogP) is 3.87. The van der Waals surface area contributed by atoms with Gasteiger partial charge in [0.15, 0.2) is 0 Å². The lowest BCUT2D eigenvalue weighted by atomic mass is 9.79. The van der Waals surface area contributed by atoms with Crippen LogP contribution >= 0.6 is 0 Å². The first kappa shape index (κ1) is 20.7. The van der Waals surface area contributed by atoms with Gasteiger partial charge in [0, 0.05) is 24.6 Å². The zero-order valence-electron chi connectivity index (χ0n) is 17.1. The molecule has 0 atom stereocenters. The molecular formula is C24H28N2O3S. The van der Waals surface area contributed by atoms with Crippen molar-refractivity contribution in [2.75, 3.05) is 23.1 Å². The average Bonchev–Trinajstić information content (AvgIpc) is 3.38. The Morgan fingerprint density at radius 1 is 1.00 bits per heavy atom. The molecule has 158 valence electrons. The third-order valence-corrected chi connectivity index (χ3v) is 8.12. The number of hydrogen-bond donors (Lipinski definition) is 1. The molecule has 30 heavy (non-hydrogen) atoms. The molecule has 0 radical (unpaired) electrons. The lowest BCUT2D eigenvalue weighted by Crippen LogP contribution is -2.38. The summed E-state index contributed by atoms with van der Waals surface area (Å²) in [5.74, 6) is 0.0997. The van der Waals surface area contributed by atoms with E-state index >= 15 is 0 Å². The number of anilines is 1. The second kappa shape index (κ2) is 8.64. The summed E-state index contributed by atoms with van der Waals surface area (Å²) in [6.45, 7) is 1.18. The summed E-state index contributed by atoms with van der Waals surface area (Å²) in [5, 5.41) is 3.09. The number of sulfonamides is 1. The predicted molar refractivity (Wildman–Crippen MR) is 121 cm³/mol. The number of nitrogens with one attached hydrogen (secondary N) is 1. The molecule has 2 aliphatic rings. The SMILES string of the molecule is O=C(/C=C/c1ccc(N2CCCS2(=O)=O)cc1)NCC1(c2ccccc2)CCCC1. The van der Waals surface area contributed by atoms with Crippen molar-refractivity contribution >= 4 is 27.7 Å². The maximum absolute atomic E-state index is 12.4. The number of amides is 1. The van der Waals surface area contributed by atoms with Crippen LogP contribution in [-0.2, 0) is 20.2 Å². The molecule has 0 aromatic heterocycles. The van der Waals surface area contributed by atoms with Crippen molar-refractivity contribution < 1.29 is 13.2 Å². The molecule has 2 aromatic carbocycles. The summed E-state index contributed by atoms with van der Waals surface area (Å²) < 4.78 is 25.5. The quantitative estimate of drug-likeness (QED) is 0.716. The van der Waals surface area contributed by atoms with Gasteiger partial charge in [-0.3, -0.25) is 9.10 Å². The largest absolute Gasteiger partial charge is 0.352 e. The molecule has 6 heteroatoms. The summed E-state index contributed by atoms with van der Waals surface area (Å²) in [5.41, 5.74) is 2.89. The van der Waals surface area contributed by atoms with E-state index in [1.54, 1.807) is 24.3 Å². The Hall–Kier alpha value is -2.60. The molecule has 4 rings (SSSR count). The van der Waals surface area contributed by atoms with Gasteiger partial charge in [-0.2, -0.15) is 0 Å². The molecule has 1 aliphatic heterocycles. The highest BCUT2D eigenvalue weighted by Gasteiger charge is 2.35. The van der Waals surface area contributed by atoms with Gasteiger partial charge in [-0.25, -0.2) is 8.42 Å². The second-order valence-electron chi connectivity index (χ2n) is 8.24. The van der Waals surface area contributed by atoms with Crippen LogP contribution in [-0.4, -0.2) is 33.2 Å². The van der Waals surface area contributed by atoms with Crippen molar-refractivity contribution in [1.29, 1.82) is 0 Å². The van der Waals surface area contributed by atoms with Crippen LogP contribution < -0.4 is 9.62 Å². The summed E-state index contributed by atoms with van der Waals surface area (Å²) in [4.78, 5) is 12.4. The van der Waals surface area contributed by atoms with Gasteiger partial charge >= 0.3 is 0 Å². The number of hydrogen-bond acceptors (Lipinski definition) is 3. The molecule has 5 nitrogen and oxygen atoms in total. The van der Waals surface area contributed by atoms with Crippen molar-refractivity contribution in [3.63, 3.8) is 0 Å². The molecular weight excluding hydrogens is 396 g/mol. The van der Waals surface area contributed by atoms with Crippen LogP contribution in [0, 0.1) is 0 Å². The van der Waals surface area contributed by atoms with Gasteiger partial charge in [0.2, 0.25) is 15.9 Å². The molecule has 0 unspecified atom stereocenters. The Kier molecular flexibility index (Phi) is 5.95. The first-order valence-corrected chi connectivity index (χ1v) is 12.2. The molecule has 1 N–H and O–H groups in total. The summed E-state index contributed by atoms with van der Waals surface area (Å²) in [7, 11) is -3.17. The van der Waals surface area contributed by atoms with E-state index in [1.807, 2.05) is 18.2 Å². The van der Waals surface area contributed by atoms with Crippen molar-refractivity contribution in [3.05, 3.63) is 71.8 Å². The zero-order chi connectivity index (χ0) is 21.0. The summed E-state index contributed by atoms with van der Waals surface area (Å²) in [6, 6.07) is 17.8. The van der Waals surface area contributed by atoms with Crippen LogP contribution in [0.2, 0.25) is 0 Å². The monoisotopic (exact) mass is 424 g/mol. The second-order valence-corrected chi connectivity index (χ2v) is 10.3. The first-order valence-electron chi connectivity index (χ1n) is 10.6. The fourth-order valence-corrected chi connectivity index (χ4v) is 6.14. The highest BCUT2D eigenvalue weighted by molar-refractivity contribution is 7.93. The van der Waals surface area contributed by atoms with Gasteiger partial charge in [-0.15, -0.1) is 0 Å². The molecule has 1 aliphatic carbocycles. The van der Waals surface area contributed by atoms with E-state index < -0.39 is 10.0 Å². The number of nitrogens with zero attached hydrogens (tertiary/aromatic N) is 1. The molecule has 1 amide bonds. The Morgan fingerprint density at radius 3 is 2.33 bits per heavy atom.